The molecule has 1 saturated heterocycles. The van der Waals surface area contributed by atoms with Crippen LogP contribution >= 0.6 is 0 Å². The summed E-state index contributed by atoms with van der Waals surface area (Å²) in [4.78, 5) is 2.55. The first-order valence-corrected chi connectivity index (χ1v) is 12.3. The number of ether oxygens (including phenoxy) is 2. The summed E-state index contributed by atoms with van der Waals surface area (Å²) in [6, 6.07) is 14.2. The molecule has 0 spiro atoms. The van der Waals surface area contributed by atoms with Crippen LogP contribution in [0.4, 0.5) is 0 Å². The van der Waals surface area contributed by atoms with Crippen LogP contribution in [-0.2, 0) is 13.0 Å². The van der Waals surface area contributed by atoms with E-state index in [0.717, 1.165) is 51.3 Å². The van der Waals surface area contributed by atoms with E-state index in [-0.39, 0.29) is 5.75 Å². The number of phenolic OH excluding ortho intramolecular Hbond substituents is 1. The minimum absolute atomic E-state index is 0.203. The molecule has 1 heterocycles. The molecule has 0 amide bonds. The molecule has 5 heteroatoms. The maximum Gasteiger partial charge on any atom is 0.160 e. The number of aromatic hydroxyl groups is 1. The summed E-state index contributed by atoms with van der Waals surface area (Å²) in [6.45, 7) is 6.28. The first-order chi connectivity index (χ1) is 15.7. The lowest BCUT2D eigenvalue weighted by Crippen LogP contribution is -2.29. The molecule has 1 fully saturated rings. The van der Waals surface area contributed by atoms with Crippen molar-refractivity contribution in [2.45, 2.75) is 57.9 Å². The van der Waals surface area contributed by atoms with Gasteiger partial charge in [0.05, 0.1) is 13.7 Å². The van der Waals surface area contributed by atoms with Crippen molar-refractivity contribution in [2.75, 3.05) is 39.9 Å². The number of benzene rings is 2. The fraction of sp³-hybridized carbons (Fsp3) is 0.556. The fourth-order valence-electron chi connectivity index (χ4n) is 4.25. The molecule has 1 aliphatic heterocycles. The number of phenols is 1. The predicted octanol–water partition coefficient (Wildman–Crippen LogP) is 5.16. The van der Waals surface area contributed by atoms with Crippen LogP contribution < -0.4 is 14.8 Å². The Morgan fingerprint density at radius 3 is 2.59 bits per heavy atom. The van der Waals surface area contributed by atoms with Gasteiger partial charge in [0.1, 0.15) is 5.75 Å². The van der Waals surface area contributed by atoms with Gasteiger partial charge in [0.15, 0.2) is 11.5 Å². The quantitative estimate of drug-likeness (QED) is 0.398. The van der Waals surface area contributed by atoms with E-state index < -0.39 is 0 Å². The third-order valence-corrected chi connectivity index (χ3v) is 6.08. The van der Waals surface area contributed by atoms with E-state index in [4.69, 9.17) is 9.47 Å². The Balaban J connectivity index is 1.20. The number of nitrogens with one attached hydrogen (secondary N) is 1. The van der Waals surface area contributed by atoms with Gasteiger partial charge in [0.2, 0.25) is 0 Å². The lowest BCUT2D eigenvalue weighted by Gasteiger charge is -2.26. The number of unbranched alkanes of at least 4 members (excludes halogenated alkanes) is 2. The van der Waals surface area contributed by atoms with Crippen LogP contribution in [0.1, 0.15) is 56.1 Å². The van der Waals surface area contributed by atoms with Crippen molar-refractivity contribution < 1.29 is 14.6 Å². The van der Waals surface area contributed by atoms with Crippen LogP contribution in [0.5, 0.6) is 17.2 Å². The topological polar surface area (TPSA) is 54.0 Å². The molecular weight excluding hydrogens is 400 g/mol. The number of nitrogens with zero attached hydrogens (tertiary/aromatic N) is 1. The Labute approximate surface area is 193 Å². The first kappa shape index (κ1) is 24.4. The molecule has 0 bridgehead atoms. The van der Waals surface area contributed by atoms with Crippen molar-refractivity contribution >= 4 is 0 Å². The highest BCUT2D eigenvalue weighted by molar-refractivity contribution is 5.41. The second kappa shape index (κ2) is 14.0. The van der Waals surface area contributed by atoms with E-state index in [1.54, 1.807) is 13.2 Å². The van der Waals surface area contributed by atoms with Crippen LogP contribution in [0.15, 0.2) is 42.5 Å². The molecule has 0 radical (unpaired) electrons. The maximum absolute atomic E-state index is 9.66. The number of rotatable bonds is 14. The lowest BCUT2D eigenvalue weighted by molar-refractivity contribution is 0.220. The third-order valence-electron chi connectivity index (χ3n) is 6.08. The molecule has 32 heavy (non-hydrogen) atoms. The normalized spacial score (nSPS) is 14.4. The van der Waals surface area contributed by atoms with Gasteiger partial charge in [-0.05, 0) is 100 Å². The summed E-state index contributed by atoms with van der Waals surface area (Å²) in [5.74, 6) is 1.75. The number of hydrogen-bond donors (Lipinski definition) is 2. The molecule has 0 unspecified atom stereocenters. The number of methoxy groups -OCH3 is 1. The zero-order chi connectivity index (χ0) is 22.4. The average molecular weight is 441 g/mol. The molecule has 0 saturated carbocycles. The van der Waals surface area contributed by atoms with Crippen LogP contribution in [0.2, 0.25) is 0 Å². The zero-order valence-corrected chi connectivity index (χ0v) is 19.7. The van der Waals surface area contributed by atoms with Crippen LogP contribution in [0.25, 0.3) is 0 Å². The summed E-state index contributed by atoms with van der Waals surface area (Å²) in [5, 5.41) is 13.2. The van der Waals surface area contributed by atoms with Gasteiger partial charge in [-0.15, -0.1) is 0 Å². The van der Waals surface area contributed by atoms with Crippen molar-refractivity contribution in [3.63, 3.8) is 0 Å². The van der Waals surface area contributed by atoms with Crippen molar-refractivity contribution in [1.29, 1.82) is 0 Å². The SMILES string of the molecule is COc1cc(CCCCCNCCCOc2cccc(CN3CCCCC3)c2)ccc1O. The number of likely N-dealkylation sites (tertiary alicyclic amines) is 1. The molecule has 1 aliphatic rings. The Morgan fingerprint density at radius 1 is 0.906 bits per heavy atom. The van der Waals surface area contributed by atoms with Crippen LogP contribution in [0.3, 0.4) is 0 Å². The van der Waals surface area contributed by atoms with E-state index in [9.17, 15) is 5.11 Å². The fourth-order valence-corrected chi connectivity index (χ4v) is 4.25. The minimum Gasteiger partial charge on any atom is -0.504 e. The summed E-state index contributed by atoms with van der Waals surface area (Å²) < 4.78 is 11.1. The van der Waals surface area contributed by atoms with Gasteiger partial charge in [-0.3, -0.25) is 4.90 Å². The molecule has 176 valence electrons. The van der Waals surface area contributed by atoms with Crippen molar-refractivity contribution in [2.24, 2.45) is 0 Å². The molecule has 2 aromatic rings. The molecule has 0 aromatic heterocycles. The second-order valence-electron chi connectivity index (χ2n) is 8.75. The molecule has 0 aliphatic carbocycles. The highest BCUT2D eigenvalue weighted by Crippen LogP contribution is 2.27. The van der Waals surface area contributed by atoms with E-state index in [1.165, 1.54) is 56.3 Å². The summed E-state index contributed by atoms with van der Waals surface area (Å²) in [5.41, 5.74) is 2.57. The van der Waals surface area contributed by atoms with E-state index in [0.29, 0.717) is 5.75 Å². The average Bonchev–Trinajstić information content (AvgIpc) is 2.82. The highest BCUT2D eigenvalue weighted by atomic mass is 16.5. The van der Waals surface area contributed by atoms with Gasteiger partial charge < -0.3 is 19.9 Å². The number of aryl methyl sites for hydroxylation is 1. The molecular formula is C27H40N2O3. The lowest BCUT2D eigenvalue weighted by atomic mass is 10.1. The van der Waals surface area contributed by atoms with Gasteiger partial charge in [-0.2, -0.15) is 0 Å². The molecule has 0 atom stereocenters. The number of piperidine rings is 1. The predicted molar refractivity (Wildman–Crippen MR) is 131 cm³/mol. The van der Waals surface area contributed by atoms with Crippen LogP contribution in [0, 0.1) is 0 Å². The standard InChI is InChI=1S/C27H40N2O3/c1-31-27-21-23(13-14-26(27)30)10-4-2-5-15-28-16-9-19-32-25-12-8-11-24(20-25)22-29-17-6-3-7-18-29/h8,11-14,20-21,28,30H,2-7,9-10,15-19,22H2,1H3. The van der Waals surface area contributed by atoms with E-state index >= 15 is 0 Å². The Morgan fingerprint density at radius 2 is 1.75 bits per heavy atom. The van der Waals surface area contributed by atoms with Crippen LogP contribution in [-0.4, -0.2) is 49.9 Å². The maximum atomic E-state index is 9.66. The number of hydrogen-bond acceptors (Lipinski definition) is 5. The molecule has 2 N–H and O–H groups in total. The molecule has 3 rings (SSSR count). The monoisotopic (exact) mass is 440 g/mol. The van der Waals surface area contributed by atoms with Gasteiger partial charge in [0.25, 0.3) is 0 Å². The van der Waals surface area contributed by atoms with Gasteiger partial charge in [-0.25, -0.2) is 0 Å². The second-order valence-corrected chi connectivity index (χ2v) is 8.75. The first-order valence-electron chi connectivity index (χ1n) is 12.3. The third kappa shape index (κ3) is 8.71. The largest absolute Gasteiger partial charge is 0.504 e. The zero-order valence-electron chi connectivity index (χ0n) is 19.7. The van der Waals surface area contributed by atoms with Crippen molar-refractivity contribution in [3.8, 4) is 17.2 Å². The Kier molecular flexibility index (Phi) is 10.7. The van der Waals surface area contributed by atoms with Crippen molar-refractivity contribution in [1.82, 2.24) is 10.2 Å². The van der Waals surface area contributed by atoms with Gasteiger partial charge >= 0.3 is 0 Å². The van der Waals surface area contributed by atoms with E-state index in [2.05, 4.69) is 34.5 Å². The molecule has 2 aromatic carbocycles. The molecule has 5 nitrogen and oxygen atoms in total. The summed E-state index contributed by atoms with van der Waals surface area (Å²) in [6.07, 6.45) is 9.58. The van der Waals surface area contributed by atoms with E-state index in [1.807, 2.05) is 12.1 Å². The van der Waals surface area contributed by atoms with Gasteiger partial charge in [-0.1, -0.05) is 31.0 Å². The van der Waals surface area contributed by atoms with Gasteiger partial charge in [0, 0.05) is 6.54 Å². The Hall–Kier alpha value is -2.24. The van der Waals surface area contributed by atoms with Crippen molar-refractivity contribution in [3.05, 3.63) is 53.6 Å². The highest BCUT2D eigenvalue weighted by Gasteiger charge is 2.10. The Bertz CT molecular complexity index is 790. The smallest absolute Gasteiger partial charge is 0.160 e. The summed E-state index contributed by atoms with van der Waals surface area (Å²) in [7, 11) is 1.59. The minimum atomic E-state index is 0.203. The summed E-state index contributed by atoms with van der Waals surface area (Å²) >= 11 is 0.